The fraction of sp³-hybridized carbons (Fsp3) is 0.385. The summed E-state index contributed by atoms with van der Waals surface area (Å²) in [6.45, 7) is 7.86. The van der Waals surface area contributed by atoms with Crippen LogP contribution in [0.5, 0.6) is 0 Å². The van der Waals surface area contributed by atoms with E-state index in [0.717, 1.165) is 27.5 Å². The number of H-pyrrole nitrogens is 1. The Bertz CT molecular complexity index is 628. The Balaban J connectivity index is 2.53. The largest absolute Gasteiger partial charge is 0.462 e. The number of aromatic nitrogens is 2. The number of hydrogen-bond acceptors (Lipinski definition) is 5. The van der Waals surface area contributed by atoms with Crippen LogP contribution in [0.25, 0.3) is 11.4 Å². The fourth-order valence-electron chi connectivity index (χ4n) is 2.15. The van der Waals surface area contributed by atoms with E-state index >= 15 is 0 Å². The minimum atomic E-state index is -0.305. The van der Waals surface area contributed by atoms with Crippen molar-refractivity contribution in [3.05, 3.63) is 21.7 Å². The van der Waals surface area contributed by atoms with Crippen LogP contribution in [-0.2, 0) is 4.74 Å². The van der Waals surface area contributed by atoms with Crippen LogP contribution in [0.4, 0.5) is 5.13 Å². The van der Waals surface area contributed by atoms with Crippen molar-refractivity contribution in [2.24, 2.45) is 0 Å². The van der Waals surface area contributed by atoms with Crippen LogP contribution < -0.4 is 5.73 Å². The standard InChI is InChI=1S/C13H17N3O2S/c1-5-18-12(17)9-6(2)10(15-7(9)3)11-8(4)19-13(14)16-11/h15H,5H2,1-4H3,(H2,14,16). The molecule has 19 heavy (non-hydrogen) atoms. The van der Waals surface area contributed by atoms with Crippen LogP contribution in [0.3, 0.4) is 0 Å². The predicted molar refractivity (Wildman–Crippen MR) is 76.5 cm³/mol. The molecule has 0 bridgehead atoms. The van der Waals surface area contributed by atoms with E-state index in [1.54, 1.807) is 6.92 Å². The van der Waals surface area contributed by atoms with Crippen molar-refractivity contribution in [1.82, 2.24) is 9.97 Å². The second-order valence-corrected chi connectivity index (χ2v) is 5.54. The van der Waals surface area contributed by atoms with E-state index in [1.165, 1.54) is 11.3 Å². The lowest BCUT2D eigenvalue weighted by molar-refractivity contribution is 0.0525. The molecule has 2 aromatic rings. The van der Waals surface area contributed by atoms with E-state index in [0.29, 0.717) is 17.3 Å². The van der Waals surface area contributed by atoms with Crippen molar-refractivity contribution in [2.45, 2.75) is 27.7 Å². The van der Waals surface area contributed by atoms with E-state index in [-0.39, 0.29) is 5.97 Å². The van der Waals surface area contributed by atoms with E-state index in [4.69, 9.17) is 10.5 Å². The molecule has 2 aromatic heterocycles. The number of thiazole rings is 1. The number of rotatable bonds is 3. The summed E-state index contributed by atoms with van der Waals surface area (Å²) in [6.07, 6.45) is 0. The third-order valence-electron chi connectivity index (χ3n) is 2.97. The Morgan fingerprint density at radius 1 is 1.42 bits per heavy atom. The summed E-state index contributed by atoms with van der Waals surface area (Å²) in [5.74, 6) is -0.305. The first-order chi connectivity index (χ1) is 8.95. The van der Waals surface area contributed by atoms with Gasteiger partial charge in [-0.05, 0) is 33.3 Å². The van der Waals surface area contributed by atoms with Gasteiger partial charge in [0.2, 0.25) is 0 Å². The van der Waals surface area contributed by atoms with Crippen LogP contribution in [0.1, 0.15) is 33.4 Å². The molecule has 0 atom stereocenters. The molecule has 0 amide bonds. The third kappa shape index (κ3) is 2.35. The highest BCUT2D eigenvalue weighted by Crippen LogP contribution is 2.33. The molecular formula is C13H17N3O2S. The Hall–Kier alpha value is -1.82. The Morgan fingerprint density at radius 2 is 2.11 bits per heavy atom. The second kappa shape index (κ2) is 5.05. The van der Waals surface area contributed by atoms with Crippen LogP contribution >= 0.6 is 11.3 Å². The molecule has 0 unspecified atom stereocenters. The second-order valence-electron chi connectivity index (χ2n) is 4.30. The van der Waals surface area contributed by atoms with Gasteiger partial charge in [0.15, 0.2) is 5.13 Å². The number of anilines is 1. The van der Waals surface area contributed by atoms with E-state index in [2.05, 4.69) is 9.97 Å². The number of aryl methyl sites for hydroxylation is 2. The smallest absolute Gasteiger partial charge is 0.340 e. The first-order valence-corrected chi connectivity index (χ1v) is 6.86. The molecule has 0 aliphatic rings. The lowest BCUT2D eigenvalue weighted by Gasteiger charge is -2.02. The minimum Gasteiger partial charge on any atom is -0.462 e. The number of nitrogens with one attached hydrogen (secondary N) is 1. The van der Waals surface area contributed by atoms with Crippen molar-refractivity contribution in [2.75, 3.05) is 12.3 Å². The van der Waals surface area contributed by atoms with Gasteiger partial charge in [-0.25, -0.2) is 9.78 Å². The maximum absolute atomic E-state index is 11.9. The Kier molecular flexibility index (Phi) is 3.61. The number of carbonyl (C=O) groups excluding carboxylic acids is 1. The van der Waals surface area contributed by atoms with E-state index < -0.39 is 0 Å². The first-order valence-electron chi connectivity index (χ1n) is 6.05. The topological polar surface area (TPSA) is 81.0 Å². The molecule has 0 aromatic carbocycles. The highest BCUT2D eigenvalue weighted by Gasteiger charge is 2.22. The maximum atomic E-state index is 11.9. The van der Waals surface area contributed by atoms with Crippen molar-refractivity contribution in [3.8, 4) is 11.4 Å². The number of esters is 1. The van der Waals surface area contributed by atoms with Gasteiger partial charge in [0.05, 0.1) is 17.9 Å². The molecule has 0 saturated heterocycles. The predicted octanol–water partition coefficient (Wildman–Crippen LogP) is 2.82. The summed E-state index contributed by atoms with van der Waals surface area (Å²) in [4.78, 5) is 20.5. The normalized spacial score (nSPS) is 10.7. The van der Waals surface area contributed by atoms with Gasteiger partial charge in [0, 0.05) is 10.6 Å². The number of carbonyl (C=O) groups is 1. The quantitative estimate of drug-likeness (QED) is 0.846. The van der Waals surface area contributed by atoms with Gasteiger partial charge < -0.3 is 15.5 Å². The molecule has 0 aliphatic carbocycles. The van der Waals surface area contributed by atoms with Gasteiger partial charge >= 0.3 is 5.97 Å². The van der Waals surface area contributed by atoms with Gasteiger partial charge in [-0.2, -0.15) is 0 Å². The minimum absolute atomic E-state index is 0.305. The van der Waals surface area contributed by atoms with E-state index in [9.17, 15) is 4.79 Å². The summed E-state index contributed by atoms with van der Waals surface area (Å²) in [7, 11) is 0. The number of nitrogen functional groups attached to an aromatic ring is 1. The molecule has 2 heterocycles. The summed E-state index contributed by atoms with van der Waals surface area (Å²) >= 11 is 1.44. The Morgan fingerprint density at radius 3 is 2.63 bits per heavy atom. The lowest BCUT2D eigenvalue weighted by atomic mass is 10.1. The van der Waals surface area contributed by atoms with Gasteiger partial charge in [-0.15, -0.1) is 11.3 Å². The average Bonchev–Trinajstić information content (AvgIpc) is 2.79. The zero-order valence-electron chi connectivity index (χ0n) is 11.5. The van der Waals surface area contributed by atoms with Crippen LogP contribution in [0, 0.1) is 20.8 Å². The average molecular weight is 279 g/mol. The van der Waals surface area contributed by atoms with Gasteiger partial charge in [0.1, 0.15) is 5.69 Å². The molecule has 0 radical (unpaired) electrons. The summed E-state index contributed by atoms with van der Waals surface area (Å²) in [5, 5.41) is 0.525. The highest BCUT2D eigenvalue weighted by molar-refractivity contribution is 7.15. The third-order valence-corrected chi connectivity index (χ3v) is 3.77. The zero-order valence-corrected chi connectivity index (χ0v) is 12.3. The van der Waals surface area contributed by atoms with E-state index in [1.807, 2.05) is 20.8 Å². The van der Waals surface area contributed by atoms with Gasteiger partial charge in [0.25, 0.3) is 0 Å². The molecule has 6 heteroatoms. The highest BCUT2D eigenvalue weighted by atomic mass is 32.1. The van der Waals surface area contributed by atoms with Crippen LogP contribution in [0.15, 0.2) is 0 Å². The SMILES string of the molecule is CCOC(=O)c1c(C)[nH]c(-c2nc(N)sc2C)c1C. The van der Waals surface area contributed by atoms with Gasteiger partial charge in [-0.3, -0.25) is 0 Å². The van der Waals surface area contributed by atoms with Crippen LogP contribution in [0.2, 0.25) is 0 Å². The monoisotopic (exact) mass is 279 g/mol. The number of nitrogens with zero attached hydrogens (tertiary/aromatic N) is 1. The first kappa shape index (κ1) is 13.6. The Labute approximate surface area is 115 Å². The molecule has 0 saturated carbocycles. The fourth-order valence-corrected chi connectivity index (χ4v) is 2.84. The molecule has 0 spiro atoms. The van der Waals surface area contributed by atoms with Crippen LogP contribution in [-0.4, -0.2) is 22.5 Å². The molecule has 2 rings (SSSR count). The number of aromatic amines is 1. The molecule has 0 fully saturated rings. The number of nitrogens with two attached hydrogens (primary N) is 1. The molecule has 0 aliphatic heterocycles. The zero-order chi connectivity index (χ0) is 14.2. The van der Waals surface area contributed by atoms with Crippen molar-refractivity contribution < 1.29 is 9.53 Å². The van der Waals surface area contributed by atoms with Crippen molar-refractivity contribution in [3.63, 3.8) is 0 Å². The van der Waals surface area contributed by atoms with Crippen molar-refractivity contribution >= 4 is 22.4 Å². The molecule has 3 N–H and O–H groups in total. The molecule has 102 valence electrons. The summed E-state index contributed by atoms with van der Waals surface area (Å²) < 4.78 is 5.07. The summed E-state index contributed by atoms with van der Waals surface area (Å²) in [5.41, 5.74) is 9.59. The summed E-state index contributed by atoms with van der Waals surface area (Å²) in [6, 6.07) is 0. The number of hydrogen-bond donors (Lipinski definition) is 2. The lowest BCUT2D eigenvalue weighted by Crippen LogP contribution is -2.06. The van der Waals surface area contributed by atoms with Gasteiger partial charge in [-0.1, -0.05) is 0 Å². The number of ether oxygens (including phenoxy) is 1. The molecule has 5 nitrogen and oxygen atoms in total. The molecular weight excluding hydrogens is 262 g/mol. The van der Waals surface area contributed by atoms with Crippen molar-refractivity contribution in [1.29, 1.82) is 0 Å². The maximum Gasteiger partial charge on any atom is 0.340 e.